The molecule has 2 rings (SSSR count). The van der Waals surface area contributed by atoms with Gasteiger partial charge in [-0.3, -0.25) is 0 Å². The monoisotopic (exact) mass is 596 g/mol. The molecule has 1 unspecified atom stereocenters. The molecule has 7 nitrogen and oxygen atoms in total. The Hall–Kier alpha value is -0.990. The zero-order chi connectivity index (χ0) is 30.6. The van der Waals surface area contributed by atoms with Gasteiger partial charge in [0.1, 0.15) is 6.10 Å². The first-order valence-corrected chi connectivity index (χ1v) is 17.6. The number of hydrogen-bond acceptors (Lipinski definition) is 7. The molecular weight excluding hydrogens is 532 g/mol. The summed E-state index contributed by atoms with van der Waals surface area (Å²) in [5.41, 5.74) is 0.533. The van der Waals surface area contributed by atoms with Gasteiger partial charge in [0.15, 0.2) is 0 Å². The van der Waals surface area contributed by atoms with E-state index in [1.165, 1.54) is 57.8 Å². The number of hydrogen-bond donors (Lipinski definition) is 4. The second-order valence-corrected chi connectivity index (χ2v) is 13.1. The van der Waals surface area contributed by atoms with Crippen LogP contribution in [0.15, 0.2) is 11.6 Å². The van der Waals surface area contributed by atoms with Gasteiger partial charge >= 0.3 is 5.97 Å². The van der Waals surface area contributed by atoms with Crippen molar-refractivity contribution in [1.82, 2.24) is 0 Å². The number of unbranched alkanes of at least 4 members (excludes halogenated alkanes) is 13. The van der Waals surface area contributed by atoms with E-state index < -0.39 is 24.4 Å². The van der Waals surface area contributed by atoms with Gasteiger partial charge in [-0.15, -0.1) is 0 Å². The SMILES string of the molecule is CCCCCCCCCCCC[C@H](O)[C@@H]1CC[C@@H]([C@@H](O)CCCCCCCC(O)CC[C@@H](O)CC2=C[C@H](C)OC2=O)O1. The second-order valence-electron chi connectivity index (χ2n) is 13.1. The lowest BCUT2D eigenvalue weighted by Crippen LogP contribution is -2.31. The molecule has 0 aromatic rings. The van der Waals surface area contributed by atoms with E-state index in [0.29, 0.717) is 18.4 Å². The lowest BCUT2D eigenvalue weighted by atomic mass is 9.99. The van der Waals surface area contributed by atoms with E-state index in [1.807, 2.05) is 0 Å². The summed E-state index contributed by atoms with van der Waals surface area (Å²) in [6.45, 7) is 4.06. The summed E-state index contributed by atoms with van der Waals surface area (Å²) < 4.78 is 11.1. The Balaban J connectivity index is 1.40. The van der Waals surface area contributed by atoms with E-state index in [1.54, 1.807) is 13.0 Å². The van der Waals surface area contributed by atoms with Gasteiger partial charge in [-0.1, -0.05) is 103 Å². The van der Waals surface area contributed by atoms with Crippen LogP contribution in [0.4, 0.5) is 0 Å². The van der Waals surface area contributed by atoms with Crippen molar-refractivity contribution in [2.75, 3.05) is 0 Å². The molecular formula is C35H64O7. The van der Waals surface area contributed by atoms with Crippen LogP contribution < -0.4 is 0 Å². The van der Waals surface area contributed by atoms with E-state index in [9.17, 15) is 25.2 Å². The van der Waals surface area contributed by atoms with E-state index in [-0.39, 0.29) is 30.7 Å². The topological polar surface area (TPSA) is 116 Å². The van der Waals surface area contributed by atoms with Gasteiger partial charge in [0, 0.05) is 12.0 Å². The molecule has 0 aromatic heterocycles. The van der Waals surface area contributed by atoms with Crippen LogP contribution in [0.1, 0.15) is 162 Å². The van der Waals surface area contributed by atoms with E-state index in [4.69, 9.17) is 9.47 Å². The first kappa shape index (κ1) is 37.2. The van der Waals surface area contributed by atoms with Crippen molar-refractivity contribution >= 4 is 5.97 Å². The zero-order valence-electron chi connectivity index (χ0n) is 26.9. The highest BCUT2D eigenvalue weighted by atomic mass is 16.5. The molecule has 0 bridgehead atoms. The summed E-state index contributed by atoms with van der Waals surface area (Å²) in [7, 11) is 0. The molecule has 7 atom stereocenters. The molecule has 0 aromatic carbocycles. The van der Waals surface area contributed by atoms with Gasteiger partial charge < -0.3 is 29.9 Å². The first-order chi connectivity index (χ1) is 20.3. The quantitative estimate of drug-likeness (QED) is 0.0624. The van der Waals surface area contributed by atoms with Crippen molar-refractivity contribution < 1.29 is 34.7 Å². The smallest absolute Gasteiger partial charge is 0.334 e. The standard InChI is InChI=1S/C35H64O7/c1-3-4-5-6-7-8-9-10-13-16-19-31(38)33-23-24-34(42-33)32(39)20-17-14-11-12-15-18-29(36)21-22-30(37)26-28-25-27(2)41-35(28)40/h25,27,29-34,36-39H,3-24,26H2,1-2H3/t27-,29?,30+,31-,32-,33-,34-/m0/s1. The van der Waals surface area contributed by atoms with Crippen LogP contribution in [0.3, 0.4) is 0 Å². The number of ether oxygens (including phenoxy) is 2. The third-order valence-corrected chi connectivity index (χ3v) is 9.11. The molecule has 7 heteroatoms. The normalized spacial score (nSPS) is 23.5. The van der Waals surface area contributed by atoms with E-state index in [2.05, 4.69) is 6.92 Å². The second kappa shape index (κ2) is 22.5. The van der Waals surface area contributed by atoms with E-state index >= 15 is 0 Å². The Morgan fingerprint density at radius 3 is 1.60 bits per heavy atom. The Morgan fingerprint density at radius 2 is 1.12 bits per heavy atom. The molecule has 2 aliphatic rings. The predicted octanol–water partition coefficient (Wildman–Crippen LogP) is 7.06. The van der Waals surface area contributed by atoms with Crippen LogP contribution >= 0.6 is 0 Å². The minimum absolute atomic E-state index is 0.129. The van der Waals surface area contributed by atoms with Crippen LogP contribution in [0.5, 0.6) is 0 Å². The van der Waals surface area contributed by atoms with Crippen molar-refractivity contribution in [2.24, 2.45) is 0 Å². The first-order valence-electron chi connectivity index (χ1n) is 17.6. The highest BCUT2D eigenvalue weighted by Gasteiger charge is 2.34. The number of carbonyl (C=O) groups is 1. The Bertz CT molecular complexity index is 726. The minimum Gasteiger partial charge on any atom is -0.455 e. The Morgan fingerprint density at radius 1 is 0.667 bits per heavy atom. The fourth-order valence-electron chi connectivity index (χ4n) is 6.40. The Kier molecular flexibility index (Phi) is 19.9. The van der Waals surface area contributed by atoms with Crippen LogP contribution in [-0.4, -0.2) is 69.1 Å². The summed E-state index contributed by atoms with van der Waals surface area (Å²) in [5.74, 6) is -0.344. The van der Waals surface area contributed by atoms with Crippen molar-refractivity contribution in [3.63, 3.8) is 0 Å². The van der Waals surface area contributed by atoms with Crippen molar-refractivity contribution in [1.29, 1.82) is 0 Å². The number of esters is 1. The fraction of sp³-hybridized carbons (Fsp3) is 0.914. The zero-order valence-corrected chi connectivity index (χ0v) is 26.9. The number of rotatable bonds is 26. The van der Waals surface area contributed by atoms with Gasteiger partial charge in [0.05, 0.1) is 36.6 Å². The van der Waals surface area contributed by atoms with Gasteiger partial charge in [-0.25, -0.2) is 4.79 Å². The molecule has 1 saturated heterocycles. The minimum atomic E-state index is -0.637. The maximum atomic E-state index is 11.7. The molecule has 4 N–H and O–H groups in total. The summed E-state index contributed by atoms with van der Waals surface area (Å²) in [5, 5.41) is 41.6. The maximum Gasteiger partial charge on any atom is 0.334 e. The molecule has 0 aliphatic carbocycles. The third-order valence-electron chi connectivity index (χ3n) is 9.11. The molecule has 0 spiro atoms. The molecule has 0 radical (unpaired) electrons. The molecule has 0 saturated carbocycles. The Labute approximate surface area is 256 Å². The van der Waals surface area contributed by atoms with Crippen LogP contribution in [0.25, 0.3) is 0 Å². The largest absolute Gasteiger partial charge is 0.455 e. The van der Waals surface area contributed by atoms with Crippen LogP contribution in [-0.2, 0) is 14.3 Å². The summed E-state index contributed by atoms with van der Waals surface area (Å²) in [4.78, 5) is 11.7. The molecule has 42 heavy (non-hydrogen) atoms. The highest BCUT2D eigenvalue weighted by Crippen LogP contribution is 2.28. The molecule has 0 amide bonds. The van der Waals surface area contributed by atoms with E-state index in [0.717, 1.165) is 70.6 Å². The van der Waals surface area contributed by atoms with Gasteiger partial charge in [0.25, 0.3) is 0 Å². The summed E-state index contributed by atoms with van der Waals surface area (Å²) in [6.07, 6.45) is 22.5. The predicted molar refractivity (Wildman–Crippen MR) is 168 cm³/mol. The number of aliphatic hydroxyl groups is 4. The number of aliphatic hydroxyl groups excluding tert-OH is 4. The average Bonchev–Trinajstić information content (AvgIpc) is 3.58. The van der Waals surface area contributed by atoms with Crippen LogP contribution in [0.2, 0.25) is 0 Å². The lowest BCUT2D eigenvalue weighted by Gasteiger charge is -2.22. The molecule has 2 aliphatic heterocycles. The number of cyclic esters (lactones) is 1. The lowest BCUT2D eigenvalue weighted by molar-refractivity contribution is -0.139. The third kappa shape index (κ3) is 16.2. The van der Waals surface area contributed by atoms with Gasteiger partial charge in [-0.05, 0) is 57.9 Å². The van der Waals surface area contributed by atoms with Crippen molar-refractivity contribution in [2.45, 2.75) is 204 Å². The fourth-order valence-corrected chi connectivity index (χ4v) is 6.40. The molecule has 1 fully saturated rings. The molecule has 246 valence electrons. The van der Waals surface area contributed by atoms with Gasteiger partial charge in [-0.2, -0.15) is 0 Å². The van der Waals surface area contributed by atoms with Gasteiger partial charge in [0.2, 0.25) is 0 Å². The van der Waals surface area contributed by atoms with Crippen molar-refractivity contribution in [3.8, 4) is 0 Å². The average molecular weight is 597 g/mol. The maximum absolute atomic E-state index is 11.7. The summed E-state index contributed by atoms with van der Waals surface area (Å²) >= 11 is 0. The number of carbonyl (C=O) groups excluding carboxylic acids is 1. The highest BCUT2D eigenvalue weighted by molar-refractivity contribution is 5.90. The molecule has 2 heterocycles. The van der Waals surface area contributed by atoms with Crippen molar-refractivity contribution in [3.05, 3.63) is 11.6 Å². The van der Waals surface area contributed by atoms with Crippen LogP contribution in [0, 0.1) is 0 Å². The summed E-state index contributed by atoms with van der Waals surface area (Å²) in [6, 6.07) is 0.